The number of pyridine rings is 1. The third-order valence-corrected chi connectivity index (χ3v) is 2.55. The van der Waals surface area contributed by atoms with Crippen LogP contribution < -0.4 is 10.6 Å². The van der Waals surface area contributed by atoms with Gasteiger partial charge < -0.3 is 10.6 Å². The minimum absolute atomic E-state index is 0.278. The van der Waals surface area contributed by atoms with E-state index in [9.17, 15) is 4.39 Å². The van der Waals surface area contributed by atoms with Gasteiger partial charge in [-0.3, -0.25) is 0 Å². The van der Waals surface area contributed by atoms with Gasteiger partial charge in [0.05, 0.1) is 5.69 Å². The summed E-state index contributed by atoms with van der Waals surface area (Å²) in [5, 5.41) is 0. The number of halogens is 1. The molecule has 17 heavy (non-hydrogen) atoms. The first kappa shape index (κ1) is 11.4. The van der Waals surface area contributed by atoms with Crippen molar-refractivity contribution in [3.05, 3.63) is 47.9 Å². The third kappa shape index (κ3) is 2.36. The van der Waals surface area contributed by atoms with Gasteiger partial charge in [0, 0.05) is 18.9 Å². The van der Waals surface area contributed by atoms with E-state index in [-0.39, 0.29) is 5.82 Å². The molecule has 0 aliphatic rings. The fraction of sp³-hybridized carbons (Fsp3) is 0.154. The molecule has 1 aromatic carbocycles. The van der Waals surface area contributed by atoms with Gasteiger partial charge in [-0.2, -0.15) is 0 Å². The molecular formula is C13H14FN3. The normalized spacial score (nSPS) is 10.3. The minimum Gasteiger partial charge on any atom is -0.396 e. The second kappa shape index (κ2) is 4.41. The Bertz CT molecular complexity index is 540. The van der Waals surface area contributed by atoms with Crippen molar-refractivity contribution in [2.24, 2.45) is 0 Å². The van der Waals surface area contributed by atoms with Crippen LogP contribution in [0.3, 0.4) is 0 Å². The summed E-state index contributed by atoms with van der Waals surface area (Å²) >= 11 is 0. The number of rotatable bonds is 2. The predicted octanol–water partition coefficient (Wildman–Crippen LogP) is 2.88. The standard InChI is InChI=1S/C13H14FN3/c1-9-6-12(15)13(16-8-9)17(2)11-5-3-4-10(14)7-11/h3-8H,15H2,1-2H3. The maximum atomic E-state index is 13.1. The van der Waals surface area contributed by atoms with Crippen LogP contribution in [0.2, 0.25) is 0 Å². The van der Waals surface area contributed by atoms with Gasteiger partial charge in [-0.15, -0.1) is 0 Å². The number of nitrogens with two attached hydrogens (primary N) is 1. The van der Waals surface area contributed by atoms with Gasteiger partial charge in [0.2, 0.25) is 0 Å². The molecule has 3 nitrogen and oxygen atoms in total. The molecule has 4 heteroatoms. The van der Waals surface area contributed by atoms with Crippen LogP contribution in [0.15, 0.2) is 36.5 Å². The van der Waals surface area contributed by atoms with Gasteiger partial charge in [0.1, 0.15) is 5.82 Å². The highest BCUT2D eigenvalue weighted by Gasteiger charge is 2.09. The van der Waals surface area contributed by atoms with Crippen LogP contribution in [-0.4, -0.2) is 12.0 Å². The molecule has 0 bridgehead atoms. The number of aryl methyl sites for hydroxylation is 1. The van der Waals surface area contributed by atoms with Crippen molar-refractivity contribution in [3.63, 3.8) is 0 Å². The number of nitrogens with zero attached hydrogens (tertiary/aromatic N) is 2. The van der Waals surface area contributed by atoms with E-state index in [1.165, 1.54) is 12.1 Å². The zero-order valence-electron chi connectivity index (χ0n) is 9.81. The molecule has 0 unspecified atom stereocenters. The Balaban J connectivity index is 2.40. The predicted molar refractivity (Wildman–Crippen MR) is 67.8 cm³/mol. The fourth-order valence-corrected chi connectivity index (χ4v) is 1.67. The maximum absolute atomic E-state index is 13.1. The van der Waals surface area contributed by atoms with Crippen molar-refractivity contribution in [1.82, 2.24) is 4.98 Å². The smallest absolute Gasteiger partial charge is 0.155 e. The van der Waals surface area contributed by atoms with Gasteiger partial charge in [0.25, 0.3) is 0 Å². The van der Waals surface area contributed by atoms with Gasteiger partial charge in [-0.1, -0.05) is 6.07 Å². The lowest BCUT2D eigenvalue weighted by molar-refractivity contribution is 0.628. The van der Waals surface area contributed by atoms with E-state index >= 15 is 0 Å². The van der Waals surface area contributed by atoms with E-state index in [2.05, 4.69) is 4.98 Å². The number of nitrogen functional groups attached to an aromatic ring is 1. The van der Waals surface area contributed by atoms with Gasteiger partial charge >= 0.3 is 0 Å². The summed E-state index contributed by atoms with van der Waals surface area (Å²) in [6.45, 7) is 1.93. The van der Waals surface area contributed by atoms with Gasteiger partial charge in [-0.25, -0.2) is 9.37 Å². The van der Waals surface area contributed by atoms with Crippen LogP contribution in [0.4, 0.5) is 21.6 Å². The maximum Gasteiger partial charge on any atom is 0.155 e. The Morgan fingerprint density at radius 3 is 2.71 bits per heavy atom. The molecule has 1 aromatic heterocycles. The number of aromatic nitrogens is 1. The molecule has 0 saturated carbocycles. The van der Waals surface area contributed by atoms with Gasteiger partial charge in [-0.05, 0) is 36.8 Å². The second-order valence-corrected chi connectivity index (χ2v) is 3.96. The summed E-state index contributed by atoms with van der Waals surface area (Å²) < 4.78 is 13.1. The summed E-state index contributed by atoms with van der Waals surface area (Å²) in [4.78, 5) is 6.02. The molecule has 2 rings (SSSR count). The molecular weight excluding hydrogens is 217 g/mol. The SMILES string of the molecule is Cc1cnc(N(C)c2cccc(F)c2)c(N)c1. The Labute approximate surface area is 99.7 Å². The fourth-order valence-electron chi connectivity index (χ4n) is 1.67. The lowest BCUT2D eigenvalue weighted by Crippen LogP contribution is -2.13. The summed E-state index contributed by atoms with van der Waals surface area (Å²) in [6, 6.07) is 8.16. The van der Waals surface area contributed by atoms with Crippen LogP contribution in [0.1, 0.15) is 5.56 Å². The lowest BCUT2D eigenvalue weighted by atomic mass is 10.2. The van der Waals surface area contributed by atoms with Crippen molar-refractivity contribution < 1.29 is 4.39 Å². The van der Waals surface area contributed by atoms with Crippen LogP contribution >= 0.6 is 0 Å². The molecule has 0 amide bonds. The molecule has 0 spiro atoms. The lowest BCUT2D eigenvalue weighted by Gasteiger charge is -2.20. The monoisotopic (exact) mass is 231 g/mol. The minimum atomic E-state index is -0.278. The Morgan fingerprint density at radius 2 is 2.06 bits per heavy atom. The molecule has 2 aromatic rings. The van der Waals surface area contributed by atoms with Crippen molar-refractivity contribution >= 4 is 17.2 Å². The highest BCUT2D eigenvalue weighted by Crippen LogP contribution is 2.27. The van der Waals surface area contributed by atoms with E-state index in [0.29, 0.717) is 17.2 Å². The van der Waals surface area contributed by atoms with Crippen LogP contribution in [0.25, 0.3) is 0 Å². The first-order valence-electron chi connectivity index (χ1n) is 5.29. The van der Waals surface area contributed by atoms with Crippen molar-refractivity contribution in [2.75, 3.05) is 17.7 Å². The Morgan fingerprint density at radius 1 is 1.29 bits per heavy atom. The van der Waals surface area contributed by atoms with E-state index in [0.717, 1.165) is 5.56 Å². The summed E-state index contributed by atoms with van der Waals surface area (Å²) in [5.74, 6) is 0.348. The molecule has 0 fully saturated rings. The Kier molecular flexibility index (Phi) is 2.95. The highest BCUT2D eigenvalue weighted by molar-refractivity contribution is 5.70. The van der Waals surface area contributed by atoms with E-state index in [4.69, 9.17) is 5.73 Å². The van der Waals surface area contributed by atoms with Gasteiger partial charge in [0.15, 0.2) is 5.82 Å². The molecule has 88 valence electrons. The zero-order chi connectivity index (χ0) is 12.4. The molecule has 0 aliphatic heterocycles. The average Bonchev–Trinajstić information content (AvgIpc) is 2.28. The number of hydrogen-bond donors (Lipinski definition) is 1. The van der Waals surface area contributed by atoms with Crippen molar-refractivity contribution in [3.8, 4) is 0 Å². The quantitative estimate of drug-likeness (QED) is 0.864. The number of anilines is 3. The van der Waals surface area contributed by atoms with Crippen molar-refractivity contribution in [2.45, 2.75) is 6.92 Å². The van der Waals surface area contributed by atoms with E-state index in [1.54, 1.807) is 17.2 Å². The third-order valence-electron chi connectivity index (χ3n) is 2.55. The van der Waals surface area contributed by atoms with Crippen molar-refractivity contribution in [1.29, 1.82) is 0 Å². The van der Waals surface area contributed by atoms with E-state index in [1.807, 2.05) is 26.1 Å². The number of benzene rings is 1. The molecule has 0 saturated heterocycles. The van der Waals surface area contributed by atoms with E-state index < -0.39 is 0 Å². The highest BCUT2D eigenvalue weighted by atomic mass is 19.1. The first-order chi connectivity index (χ1) is 8.08. The largest absolute Gasteiger partial charge is 0.396 e. The zero-order valence-corrected chi connectivity index (χ0v) is 9.81. The molecule has 1 heterocycles. The molecule has 0 aliphatic carbocycles. The molecule has 2 N–H and O–H groups in total. The summed E-state index contributed by atoms with van der Waals surface area (Å²) in [7, 11) is 1.81. The van der Waals surface area contributed by atoms with Crippen LogP contribution in [0.5, 0.6) is 0 Å². The average molecular weight is 231 g/mol. The summed E-state index contributed by atoms with van der Waals surface area (Å²) in [5.41, 5.74) is 8.19. The second-order valence-electron chi connectivity index (χ2n) is 3.96. The summed E-state index contributed by atoms with van der Waals surface area (Å²) in [6.07, 6.45) is 1.74. The number of hydrogen-bond acceptors (Lipinski definition) is 3. The molecule has 0 radical (unpaired) electrons. The topological polar surface area (TPSA) is 42.2 Å². The first-order valence-corrected chi connectivity index (χ1v) is 5.29. The van der Waals surface area contributed by atoms with Crippen LogP contribution in [0, 0.1) is 12.7 Å². The van der Waals surface area contributed by atoms with Crippen LogP contribution in [-0.2, 0) is 0 Å². The molecule has 0 atom stereocenters. The Hall–Kier alpha value is -2.10.